The standard InChI is InChI=1S/C21H20ClN3O3/c1-27-21(26)18-5-2-14(12-23-18)19-10-15(13-25-6-8-28-9-7-25)17-4-3-16(22)11-20(17)24-19/h2-5,10-12H,6-9,13H2,1H3. The van der Waals surface area contributed by atoms with Crippen LogP contribution in [0.5, 0.6) is 0 Å². The summed E-state index contributed by atoms with van der Waals surface area (Å²) in [6.07, 6.45) is 1.64. The van der Waals surface area contributed by atoms with Gasteiger partial charge in [0.25, 0.3) is 0 Å². The van der Waals surface area contributed by atoms with Crippen molar-refractivity contribution in [2.24, 2.45) is 0 Å². The lowest BCUT2D eigenvalue weighted by Crippen LogP contribution is -2.35. The molecular formula is C21H20ClN3O3. The van der Waals surface area contributed by atoms with E-state index in [1.54, 1.807) is 12.3 Å². The number of esters is 1. The molecule has 1 aromatic carbocycles. The van der Waals surface area contributed by atoms with Crippen LogP contribution in [0.1, 0.15) is 16.1 Å². The van der Waals surface area contributed by atoms with E-state index in [0.717, 1.165) is 55.0 Å². The molecule has 144 valence electrons. The summed E-state index contributed by atoms with van der Waals surface area (Å²) in [5.41, 5.74) is 3.91. The molecule has 28 heavy (non-hydrogen) atoms. The molecule has 3 aromatic rings. The largest absolute Gasteiger partial charge is 0.464 e. The van der Waals surface area contributed by atoms with E-state index >= 15 is 0 Å². The molecular weight excluding hydrogens is 378 g/mol. The summed E-state index contributed by atoms with van der Waals surface area (Å²) in [4.78, 5) is 23.0. The van der Waals surface area contributed by atoms with Gasteiger partial charge in [0.15, 0.2) is 0 Å². The van der Waals surface area contributed by atoms with Gasteiger partial charge in [-0.1, -0.05) is 17.7 Å². The second kappa shape index (κ2) is 8.22. The first-order valence-electron chi connectivity index (χ1n) is 9.08. The topological polar surface area (TPSA) is 64.5 Å². The number of ether oxygens (including phenoxy) is 2. The molecule has 6 nitrogen and oxygen atoms in total. The van der Waals surface area contributed by atoms with Crippen molar-refractivity contribution in [3.8, 4) is 11.3 Å². The van der Waals surface area contributed by atoms with E-state index < -0.39 is 5.97 Å². The summed E-state index contributed by atoms with van der Waals surface area (Å²) >= 11 is 6.20. The van der Waals surface area contributed by atoms with E-state index in [2.05, 4.69) is 16.0 Å². The monoisotopic (exact) mass is 397 g/mol. The summed E-state index contributed by atoms with van der Waals surface area (Å²) < 4.78 is 10.2. The van der Waals surface area contributed by atoms with E-state index in [9.17, 15) is 4.79 Å². The lowest BCUT2D eigenvalue weighted by molar-refractivity contribution is 0.0343. The molecule has 2 aromatic heterocycles. The molecule has 0 bridgehead atoms. The van der Waals surface area contributed by atoms with Crippen LogP contribution in [0.3, 0.4) is 0 Å². The fraction of sp³-hybridized carbons (Fsp3) is 0.286. The molecule has 4 rings (SSSR count). The van der Waals surface area contributed by atoms with E-state index in [1.165, 1.54) is 12.7 Å². The molecule has 0 radical (unpaired) electrons. The van der Waals surface area contributed by atoms with Gasteiger partial charge in [0, 0.05) is 41.8 Å². The molecule has 0 N–H and O–H groups in total. The van der Waals surface area contributed by atoms with Gasteiger partial charge in [0.1, 0.15) is 5.69 Å². The molecule has 1 aliphatic rings. The molecule has 1 saturated heterocycles. The van der Waals surface area contributed by atoms with Crippen molar-refractivity contribution < 1.29 is 14.3 Å². The van der Waals surface area contributed by atoms with Crippen molar-refractivity contribution in [1.29, 1.82) is 0 Å². The molecule has 3 heterocycles. The van der Waals surface area contributed by atoms with Gasteiger partial charge in [-0.15, -0.1) is 0 Å². The van der Waals surface area contributed by atoms with Gasteiger partial charge in [-0.2, -0.15) is 0 Å². The molecule has 0 spiro atoms. The van der Waals surface area contributed by atoms with Crippen LogP contribution in [0.2, 0.25) is 5.02 Å². The molecule has 0 unspecified atom stereocenters. The number of benzene rings is 1. The van der Waals surface area contributed by atoms with E-state index in [0.29, 0.717) is 5.02 Å². The minimum Gasteiger partial charge on any atom is -0.464 e. The fourth-order valence-electron chi connectivity index (χ4n) is 3.32. The molecule has 1 fully saturated rings. The molecule has 0 aliphatic carbocycles. The Labute approximate surface area is 168 Å². The minimum absolute atomic E-state index is 0.267. The summed E-state index contributed by atoms with van der Waals surface area (Å²) in [5.74, 6) is -0.460. The molecule has 0 amide bonds. The number of halogens is 1. The summed E-state index contributed by atoms with van der Waals surface area (Å²) in [6, 6.07) is 11.3. The van der Waals surface area contributed by atoms with Crippen LogP contribution in [0.25, 0.3) is 22.2 Å². The Hall–Kier alpha value is -2.54. The number of morpholine rings is 1. The number of pyridine rings is 2. The summed E-state index contributed by atoms with van der Waals surface area (Å²) in [6.45, 7) is 4.12. The fourth-order valence-corrected chi connectivity index (χ4v) is 3.49. The van der Waals surface area contributed by atoms with Gasteiger partial charge in [-0.05, 0) is 35.9 Å². The molecule has 7 heteroatoms. The number of nitrogens with zero attached hydrogens (tertiary/aromatic N) is 3. The van der Waals surface area contributed by atoms with Crippen LogP contribution in [-0.4, -0.2) is 54.3 Å². The Morgan fingerprint density at radius 1 is 1.21 bits per heavy atom. The van der Waals surface area contributed by atoms with Crippen molar-refractivity contribution >= 4 is 28.5 Å². The SMILES string of the molecule is COC(=O)c1ccc(-c2cc(CN3CCOCC3)c3ccc(Cl)cc3n2)cn1. The first-order valence-corrected chi connectivity index (χ1v) is 9.46. The van der Waals surface area contributed by atoms with Gasteiger partial charge in [-0.3, -0.25) is 4.90 Å². The zero-order valence-electron chi connectivity index (χ0n) is 15.5. The van der Waals surface area contributed by atoms with Crippen LogP contribution < -0.4 is 0 Å². The van der Waals surface area contributed by atoms with Crippen molar-refractivity contribution in [3.63, 3.8) is 0 Å². The number of hydrogen-bond acceptors (Lipinski definition) is 6. The minimum atomic E-state index is -0.460. The molecule has 0 saturated carbocycles. The van der Waals surface area contributed by atoms with Crippen LogP contribution in [0.4, 0.5) is 0 Å². The number of methoxy groups -OCH3 is 1. The average Bonchev–Trinajstić information content (AvgIpc) is 2.73. The predicted octanol–water partition coefficient (Wildman–Crippen LogP) is 3.57. The third-order valence-corrected chi connectivity index (χ3v) is 5.04. The van der Waals surface area contributed by atoms with Gasteiger partial charge < -0.3 is 9.47 Å². The quantitative estimate of drug-likeness (QED) is 0.627. The Morgan fingerprint density at radius 3 is 2.75 bits per heavy atom. The zero-order chi connectivity index (χ0) is 19.5. The Bertz CT molecular complexity index is 1000. The third-order valence-electron chi connectivity index (χ3n) is 4.81. The van der Waals surface area contributed by atoms with Gasteiger partial charge in [0.05, 0.1) is 31.5 Å². The van der Waals surface area contributed by atoms with Crippen molar-refractivity contribution in [2.45, 2.75) is 6.54 Å². The van der Waals surface area contributed by atoms with Crippen molar-refractivity contribution in [1.82, 2.24) is 14.9 Å². The van der Waals surface area contributed by atoms with Crippen LogP contribution in [0, 0.1) is 0 Å². The first kappa shape index (κ1) is 18.8. The Kier molecular flexibility index (Phi) is 5.52. The van der Waals surface area contributed by atoms with E-state index in [4.69, 9.17) is 26.1 Å². The van der Waals surface area contributed by atoms with Gasteiger partial charge in [0.2, 0.25) is 0 Å². The van der Waals surface area contributed by atoms with Crippen LogP contribution in [0.15, 0.2) is 42.6 Å². The number of hydrogen-bond donors (Lipinski definition) is 0. The number of carbonyl (C=O) groups excluding carboxylic acids is 1. The van der Waals surface area contributed by atoms with E-state index in [-0.39, 0.29) is 5.69 Å². The zero-order valence-corrected chi connectivity index (χ0v) is 16.3. The van der Waals surface area contributed by atoms with Crippen molar-refractivity contribution in [3.05, 3.63) is 58.9 Å². The number of rotatable bonds is 4. The highest BCUT2D eigenvalue weighted by molar-refractivity contribution is 6.31. The summed E-state index contributed by atoms with van der Waals surface area (Å²) in [5, 5.41) is 1.73. The molecule has 0 atom stereocenters. The number of carbonyl (C=O) groups is 1. The maximum absolute atomic E-state index is 11.6. The first-order chi connectivity index (χ1) is 13.6. The van der Waals surface area contributed by atoms with Crippen LogP contribution in [-0.2, 0) is 16.0 Å². The smallest absolute Gasteiger partial charge is 0.356 e. The second-order valence-corrected chi connectivity index (χ2v) is 7.08. The highest BCUT2D eigenvalue weighted by atomic mass is 35.5. The summed E-state index contributed by atoms with van der Waals surface area (Å²) in [7, 11) is 1.34. The highest BCUT2D eigenvalue weighted by Crippen LogP contribution is 2.28. The van der Waals surface area contributed by atoms with Gasteiger partial charge in [-0.25, -0.2) is 14.8 Å². The maximum atomic E-state index is 11.6. The third kappa shape index (κ3) is 3.99. The average molecular weight is 398 g/mol. The Morgan fingerprint density at radius 2 is 2.04 bits per heavy atom. The van der Waals surface area contributed by atoms with Gasteiger partial charge >= 0.3 is 5.97 Å². The lowest BCUT2D eigenvalue weighted by atomic mass is 10.0. The second-order valence-electron chi connectivity index (χ2n) is 6.64. The maximum Gasteiger partial charge on any atom is 0.356 e. The van der Waals surface area contributed by atoms with Crippen LogP contribution >= 0.6 is 11.6 Å². The predicted molar refractivity (Wildman–Crippen MR) is 107 cm³/mol. The van der Waals surface area contributed by atoms with Crippen molar-refractivity contribution in [2.75, 3.05) is 33.4 Å². The normalized spacial score (nSPS) is 14.9. The highest BCUT2D eigenvalue weighted by Gasteiger charge is 2.15. The number of aromatic nitrogens is 2. The number of fused-ring (bicyclic) bond motifs is 1. The van der Waals surface area contributed by atoms with E-state index in [1.807, 2.05) is 24.3 Å². The lowest BCUT2D eigenvalue weighted by Gasteiger charge is -2.27. The molecule has 1 aliphatic heterocycles. The Balaban J connectivity index is 1.74.